The predicted molar refractivity (Wildman–Crippen MR) is 90.6 cm³/mol. The van der Waals surface area contributed by atoms with Crippen molar-refractivity contribution in [2.24, 2.45) is 0 Å². The van der Waals surface area contributed by atoms with Crippen LogP contribution in [-0.4, -0.2) is 41.3 Å². The first-order chi connectivity index (χ1) is 10.2. The van der Waals surface area contributed by atoms with Crippen LogP contribution < -0.4 is 5.32 Å². The summed E-state index contributed by atoms with van der Waals surface area (Å²) in [6.45, 7) is 7.59. The lowest BCUT2D eigenvalue weighted by molar-refractivity contribution is 0.268. The van der Waals surface area contributed by atoms with Crippen molar-refractivity contribution in [2.45, 2.75) is 39.3 Å². The third-order valence-corrected chi connectivity index (χ3v) is 4.68. The Balaban J connectivity index is 1.67. The van der Waals surface area contributed by atoms with E-state index in [1.54, 1.807) is 11.3 Å². The van der Waals surface area contributed by atoms with Crippen molar-refractivity contribution in [3.05, 3.63) is 29.3 Å². The molecule has 4 nitrogen and oxygen atoms in total. The molecule has 0 fully saturated rings. The number of unbranched alkanes of at least 4 members (excludes halogenated alkanes) is 1. The van der Waals surface area contributed by atoms with Crippen LogP contribution in [0.4, 0.5) is 0 Å². The van der Waals surface area contributed by atoms with Crippen LogP contribution in [0.15, 0.2) is 23.7 Å². The van der Waals surface area contributed by atoms with Gasteiger partial charge in [0.05, 0.1) is 16.8 Å². The molecule has 2 N–H and O–H groups in total. The third-order valence-electron chi connectivity index (χ3n) is 3.80. The monoisotopic (exact) mass is 306 g/mol. The van der Waals surface area contributed by atoms with Crippen molar-refractivity contribution in [2.75, 3.05) is 20.1 Å². The zero-order valence-electron chi connectivity index (χ0n) is 13.2. The van der Waals surface area contributed by atoms with Crippen molar-refractivity contribution in [3.63, 3.8) is 0 Å². The molecule has 0 saturated carbocycles. The van der Waals surface area contributed by atoms with Gasteiger partial charge in [0.2, 0.25) is 0 Å². The number of rotatable bonds is 9. The first kappa shape index (κ1) is 16.2. The standard InChI is InChI=1S/C16H26N4S/c1-13(2)20(3)9-5-4-8-17-11-14-12-18-19-16(14)15-7-6-10-21-15/h6-7,10,12-13,17H,4-5,8-9,11H2,1-3H3,(H,18,19). The highest BCUT2D eigenvalue weighted by Crippen LogP contribution is 2.25. The number of thiophene rings is 1. The fourth-order valence-electron chi connectivity index (χ4n) is 2.17. The van der Waals surface area contributed by atoms with E-state index in [1.165, 1.54) is 29.8 Å². The molecule has 0 aliphatic rings. The van der Waals surface area contributed by atoms with E-state index in [-0.39, 0.29) is 0 Å². The number of hydrogen-bond acceptors (Lipinski definition) is 4. The van der Waals surface area contributed by atoms with Gasteiger partial charge in [0.15, 0.2) is 0 Å². The quantitative estimate of drug-likeness (QED) is 0.698. The summed E-state index contributed by atoms with van der Waals surface area (Å²) in [6.07, 6.45) is 4.38. The molecule has 0 saturated heterocycles. The zero-order valence-corrected chi connectivity index (χ0v) is 14.0. The van der Waals surface area contributed by atoms with E-state index in [0.717, 1.165) is 18.8 Å². The Morgan fingerprint density at radius 2 is 2.24 bits per heavy atom. The van der Waals surface area contributed by atoms with Crippen LogP contribution in [0.1, 0.15) is 32.3 Å². The summed E-state index contributed by atoms with van der Waals surface area (Å²) in [6, 6.07) is 4.84. The second-order valence-electron chi connectivity index (χ2n) is 5.71. The van der Waals surface area contributed by atoms with E-state index in [1.807, 2.05) is 6.20 Å². The minimum absolute atomic E-state index is 0.636. The van der Waals surface area contributed by atoms with E-state index >= 15 is 0 Å². The maximum atomic E-state index is 4.17. The van der Waals surface area contributed by atoms with E-state index in [0.29, 0.717) is 6.04 Å². The van der Waals surface area contributed by atoms with Gasteiger partial charge < -0.3 is 10.2 Å². The molecule has 0 unspecified atom stereocenters. The lowest BCUT2D eigenvalue weighted by Crippen LogP contribution is -2.27. The van der Waals surface area contributed by atoms with Gasteiger partial charge in [0, 0.05) is 18.2 Å². The highest BCUT2D eigenvalue weighted by molar-refractivity contribution is 7.13. The Morgan fingerprint density at radius 3 is 2.95 bits per heavy atom. The zero-order chi connectivity index (χ0) is 15.1. The largest absolute Gasteiger partial charge is 0.313 e. The maximum absolute atomic E-state index is 4.17. The van der Waals surface area contributed by atoms with Gasteiger partial charge in [-0.3, -0.25) is 5.10 Å². The molecule has 0 aliphatic carbocycles. The number of nitrogens with zero attached hydrogens (tertiary/aromatic N) is 2. The first-order valence-electron chi connectivity index (χ1n) is 7.65. The Hall–Kier alpha value is -1.17. The fourth-order valence-corrected chi connectivity index (χ4v) is 2.93. The molecule has 0 aliphatic heterocycles. The molecule has 0 amide bonds. The molecule has 0 spiro atoms. The number of H-pyrrole nitrogens is 1. The van der Waals surface area contributed by atoms with Gasteiger partial charge in [-0.2, -0.15) is 5.10 Å². The summed E-state index contributed by atoms with van der Waals surface area (Å²) in [5, 5.41) is 12.9. The van der Waals surface area contributed by atoms with Gasteiger partial charge in [-0.15, -0.1) is 11.3 Å². The molecule has 2 rings (SSSR count). The van der Waals surface area contributed by atoms with Crippen molar-refractivity contribution >= 4 is 11.3 Å². The van der Waals surface area contributed by atoms with Crippen molar-refractivity contribution in [1.82, 2.24) is 20.4 Å². The lowest BCUT2D eigenvalue weighted by Gasteiger charge is -2.20. The average Bonchev–Trinajstić information content (AvgIpc) is 3.12. The number of nitrogens with one attached hydrogen (secondary N) is 2. The third kappa shape index (κ3) is 4.95. The van der Waals surface area contributed by atoms with Crippen LogP contribution in [0.2, 0.25) is 0 Å². The van der Waals surface area contributed by atoms with E-state index in [4.69, 9.17) is 0 Å². The molecule has 5 heteroatoms. The van der Waals surface area contributed by atoms with Crippen molar-refractivity contribution in [3.8, 4) is 10.6 Å². The minimum Gasteiger partial charge on any atom is -0.313 e. The van der Waals surface area contributed by atoms with E-state index in [2.05, 4.69) is 58.8 Å². The summed E-state index contributed by atoms with van der Waals surface area (Å²) in [7, 11) is 2.19. The van der Waals surface area contributed by atoms with Gasteiger partial charge in [0.25, 0.3) is 0 Å². The number of aromatic nitrogens is 2. The van der Waals surface area contributed by atoms with Crippen LogP contribution in [0.5, 0.6) is 0 Å². The average molecular weight is 306 g/mol. The molecule has 2 aromatic rings. The predicted octanol–water partition coefficient (Wildman–Crippen LogP) is 3.35. The summed E-state index contributed by atoms with van der Waals surface area (Å²) < 4.78 is 0. The van der Waals surface area contributed by atoms with Gasteiger partial charge >= 0.3 is 0 Å². The normalized spacial score (nSPS) is 11.7. The smallest absolute Gasteiger partial charge is 0.0794 e. The van der Waals surface area contributed by atoms with E-state index < -0.39 is 0 Å². The number of aromatic amines is 1. The van der Waals surface area contributed by atoms with Gasteiger partial charge in [-0.05, 0) is 58.3 Å². The van der Waals surface area contributed by atoms with Crippen molar-refractivity contribution < 1.29 is 0 Å². The molecule has 2 aromatic heterocycles. The lowest BCUT2D eigenvalue weighted by atomic mass is 10.2. The van der Waals surface area contributed by atoms with E-state index in [9.17, 15) is 0 Å². The van der Waals surface area contributed by atoms with Gasteiger partial charge in [-0.1, -0.05) is 6.07 Å². The SMILES string of the molecule is CC(C)N(C)CCCCNCc1cn[nH]c1-c1cccs1. The molecular weight excluding hydrogens is 280 g/mol. The number of hydrogen-bond donors (Lipinski definition) is 2. The second-order valence-corrected chi connectivity index (χ2v) is 6.65. The summed E-state index contributed by atoms with van der Waals surface area (Å²) in [5.74, 6) is 0. The summed E-state index contributed by atoms with van der Waals surface area (Å²) >= 11 is 1.74. The molecule has 0 radical (unpaired) electrons. The highest BCUT2D eigenvalue weighted by Gasteiger charge is 2.08. The fraction of sp³-hybridized carbons (Fsp3) is 0.562. The minimum atomic E-state index is 0.636. The van der Waals surface area contributed by atoms with Crippen LogP contribution in [0.3, 0.4) is 0 Å². The molecule has 2 heterocycles. The maximum Gasteiger partial charge on any atom is 0.0794 e. The second kappa shape index (κ2) is 8.32. The molecule has 116 valence electrons. The van der Waals surface area contributed by atoms with Crippen LogP contribution in [0, 0.1) is 0 Å². The topological polar surface area (TPSA) is 44.0 Å². The Labute approximate surface area is 131 Å². The first-order valence-corrected chi connectivity index (χ1v) is 8.53. The summed E-state index contributed by atoms with van der Waals surface area (Å²) in [5.41, 5.74) is 2.40. The molecule has 21 heavy (non-hydrogen) atoms. The Kier molecular flexibility index (Phi) is 6.42. The Morgan fingerprint density at radius 1 is 1.38 bits per heavy atom. The van der Waals surface area contributed by atoms with Crippen LogP contribution >= 0.6 is 11.3 Å². The Bertz CT molecular complexity index is 504. The van der Waals surface area contributed by atoms with Gasteiger partial charge in [0.1, 0.15) is 0 Å². The molecule has 0 aromatic carbocycles. The summed E-state index contributed by atoms with van der Waals surface area (Å²) in [4.78, 5) is 3.65. The molecular formula is C16H26N4S. The van der Waals surface area contributed by atoms with Crippen LogP contribution in [0.25, 0.3) is 10.6 Å². The molecule has 0 atom stereocenters. The highest BCUT2D eigenvalue weighted by atomic mass is 32.1. The van der Waals surface area contributed by atoms with Crippen LogP contribution in [-0.2, 0) is 6.54 Å². The molecule has 0 bridgehead atoms. The van der Waals surface area contributed by atoms with Crippen molar-refractivity contribution in [1.29, 1.82) is 0 Å². The van der Waals surface area contributed by atoms with Gasteiger partial charge in [-0.25, -0.2) is 0 Å².